The molecule has 3 rings (SSSR count). The summed E-state index contributed by atoms with van der Waals surface area (Å²) >= 11 is 0. The predicted octanol–water partition coefficient (Wildman–Crippen LogP) is 3.15. The largest absolute Gasteiger partial charge is 0.376 e. The van der Waals surface area contributed by atoms with Crippen LogP contribution in [0, 0.1) is 0 Å². The molecule has 0 bridgehead atoms. The minimum Gasteiger partial charge on any atom is -0.376 e. The normalized spacial score (nSPS) is 16.9. The zero-order chi connectivity index (χ0) is 18.4. The molecule has 1 aliphatic rings. The van der Waals surface area contributed by atoms with E-state index in [1.54, 1.807) is 0 Å². The van der Waals surface area contributed by atoms with Gasteiger partial charge in [-0.2, -0.15) is 0 Å². The number of para-hydroxylation sites is 1. The van der Waals surface area contributed by atoms with Gasteiger partial charge >= 0.3 is 0 Å². The third kappa shape index (κ3) is 5.93. The molecule has 1 aliphatic heterocycles. The van der Waals surface area contributed by atoms with E-state index >= 15 is 0 Å². The zero-order valence-corrected chi connectivity index (χ0v) is 18.7. The van der Waals surface area contributed by atoms with Gasteiger partial charge in [-0.25, -0.2) is 9.98 Å². The molecule has 1 saturated heterocycles. The van der Waals surface area contributed by atoms with E-state index in [0.29, 0.717) is 12.6 Å². The zero-order valence-electron chi connectivity index (χ0n) is 16.4. The Morgan fingerprint density at radius 2 is 2.11 bits per heavy atom. The SMILES string of the molecule is CCNC(=NCc1cc(N(C)C)nc2ccccc12)NCC1CCCO1.I. The highest BCUT2D eigenvalue weighted by Gasteiger charge is 2.15. The van der Waals surface area contributed by atoms with Gasteiger partial charge < -0.3 is 20.3 Å². The summed E-state index contributed by atoms with van der Waals surface area (Å²) in [4.78, 5) is 11.5. The van der Waals surface area contributed by atoms with Crippen molar-refractivity contribution in [3.8, 4) is 0 Å². The number of hydrogen-bond donors (Lipinski definition) is 2. The third-order valence-electron chi connectivity index (χ3n) is 4.52. The number of nitrogens with zero attached hydrogens (tertiary/aromatic N) is 3. The lowest BCUT2D eigenvalue weighted by Crippen LogP contribution is -2.41. The van der Waals surface area contributed by atoms with E-state index in [1.807, 2.05) is 31.1 Å². The summed E-state index contributed by atoms with van der Waals surface area (Å²) in [6.45, 7) is 5.18. The maximum Gasteiger partial charge on any atom is 0.191 e. The molecule has 1 fully saturated rings. The lowest BCUT2D eigenvalue weighted by atomic mass is 10.1. The van der Waals surface area contributed by atoms with Crippen LogP contribution in [0.15, 0.2) is 35.3 Å². The van der Waals surface area contributed by atoms with Crippen LogP contribution in [0.2, 0.25) is 0 Å². The van der Waals surface area contributed by atoms with Crippen LogP contribution in [0.3, 0.4) is 0 Å². The Hall–Kier alpha value is -1.61. The lowest BCUT2D eigenvalue weighted by molar-refractivity contribution is 0.114. The van der Waals surface area contributed by atoms with Crippen molar-refractivity contribution in [2.75, 3.05) is 38.7 Å². The second-order valence-electron chi connectivity index (χ2n) is 6.76. The van der Waals surface area contributed by atoms with Crippen molar-refractivity contribution in [1.29, 1.82) is 0 Å². The number of fused-ring (bicyclic) bond motifs is 1. The molecule has 1 atom stereocenters. The van der Waals surface area contributed by atoms with E-state index in [9.17, 15) is 0 Å². The van der Waals surface area contributed by atoms with Crippen molar-refractivity contribution in [2.24, 2.45) is 4.99 Å². The van der Waals surface area contributed by atoms with E-state index in [1.165, 1.54) is 5.56 Å². The Bertz CT molecular complexity index is 759. The number of hydrogen-bond acceptors (Lipinski definition) is 4. The Balaban J connectivity index is 0.00000261. The third-order valence-corrected chi connectivity index (χ3v) is 4.52. The molecule has 1 aromatic carbocycles. The number of nitrogens with one attached hydrogen (secondary N) is 2. The maximum absolute atomic E-state index is 5.68. The molecule has 0 aliphatic carbocycles. The Morgan fingerprint density at radius 1 is 1.30 bits per heavy atom. The van der Waals surface area contributed by atoms with Crippen LogP contribution < -0.4 is 15.5 Å². The van der Waals surface area contributed by atoms with Crippen LogP contribution in [0.25, 0.3) is 10.9 Å². The van der Waals surface area contributed by atoms with Gasteiger partial charge in [-0.3, -0.25) is 0 Å². The van der Waals surface area contributed by atoms with E-state index in [-0.39, 0.29) is 24.0 Å². The van der Waals surface area contributed by atoms with Crippen LogP contribution >= 0.6 is 24.0 Å². The van der Waals surface area contributed by atoms with Gasteiger partial charge in [0.25, 0.3) is 0 Å². The van der Waals surface area contributed by atoms with Gasteiger partial charge in [0.15, 0.2) is 5.96 Å². The fraction of sp³-hybridized carbons (Fsp3) is 0.500. The molecule has 0 amide bonds. The Kier molecular flexibility index (Phi) is 8.56. The van der Waals surface area contributed by atoms with Crippen molar-refractivity contribution in [1.82, 2.24) is 15.6 Å². The molecule has 27 heavy (non-hydrogen) atoms. The first-order chi connectivity index (χ1) is 12.7. The van der Waals surface area contributed by atoms with Gasteiger partial charge in [-0.15, -0.1) is 24.0 Å². The Morgan fingerprint density at radius 3 is 2.81 bits per heavy atom. The van der Waals surface area contributed by atoms with Gasteiger partial charge in [0.2, 0.25) is 0 Å². The molecule has 0 spiro atoms. The number of aromatic nitrogens is 1. The van der Waals surface area contributed by atoms with Crippen LogP contribution in [0.5, 0.6) is 0 Å². The van der Waals surface area contributed by atoms with Gasteiger partial charge in [-0.05, 0) is 37.5 Å². The first-order valence-electron chi connectivity index (χ1n) is 9.37. The highest BCUT2D eigenvalue weighted by atomic mass is 127. The van der Waals surface area contributed by atoms with Gasteiger partial charge in [0, 0.05) is 39.2 Å². The lowest BCUT2D eigenvalue weighted by Gasteiger charge is -2.16. The number of anilines is 1. The fourth-order valence-corrected chi connectivity index (χ4v) is 3.11. The summed E-state index contributed by atoms with van der Waals surface area (Å²) < 4.78 is 5.68. The van der Waals surface area contributed by atoms with Crippen LogP contribution in [0.4, 0.5) is 5.82 Å². The van der Waals surface area contributed by atoms with Gasteiger partial charge in [0.1, 0.15) is 5.82 Å². The minimum atomic E-state index is 0. The first-order valence-corrected chi connectivity index (χ1v) is 9.37. The van der Waals surface area contributed by atoms with Crippen molar-refractivity contribution in [3.63, 3.8) is 0 Å². The van der Waals surface area contributed by atoms with Gasteiger partial charge in [-0.1, -0.05) is 18.2 Å². The second kappa shape index (κ2) is 10.7. The van der Waals surface area contributed by atoms with Crippen molar-refractivity contribution in [3.05, 3.63) is 35.9 Å². The van der Waals surface area contributed by atoms with Crippen LogP contribution in [-0.2, 0) is 11.3 Å². The monoisotopic (exact) mass is 483 g/mol. The van der Waals surface area contributed by atoms with E-state index in [2.05, 4.69) is 35.8 Å². The first kappa shape index (κ1) is 21.7. The molecule has 2 N–H and O–H groups in total. The molecule has 6 nitrogen and oxygen atoms in total. The molecule has 2 aromatic rings. The predicted molar refractivity (Wildman–Crippen MR) is 123 cm³/mol. The second-order valence-corrected chi connectivity index (χ2v) is 6.76. The number of halogens is 1. The van der Waals surface area contributed by atoms with Crippen molar-refractivity contribution < 1.29 is 4.74 Å². The summed E-state index contributed by atoms with van der Waals surface area (Å²) in [5.74, 6) is 1.78. The number of benzene rings is 1. The quantitative estimate of drug-likeness (QED) is 0.376. The number of aliphatic imine (C=N–C) groups is 1. The standard InChI is InChI=1S/C20H29N5O.HI/c1-4-21-20(23-14-16-8-7-11-26-16)22-13-15-12-19(25(2)3)24-18-10-6-5-9-17(15)18;/h5-6,9-10,12,16H,4,7-8,11,13-14H2,1-3H3,(H2,21,22,23);1H. The van der Waals surface area contributed by atoms with Crippen LogP contribution in [-0.4, -0.2) is 50.8 Å². The highest BCUT2D eigenvalue weighted by Crippen LogP contribution is 2.22. The maximum atomic E-state index is 5.68. The summed E-state index contributed by atoms with van der Waals surface area (Å²) in [5.41, 5.74) is 2.18. The van der Waals surface area contributed by atoms with E-state index in [0.717, 1.165) is 55.2 Å². The number of ether oxygens (including phenoxy) is 1. The summed E-state index contributed by atoms with van der Waals surface area (Å²) in [5, 5.41) is 7.88. The van der Waals surface area contributed by atoms with Crippen LogP contribution in [0.1, 0.15) is 25.3 Å². The number of pyridine rings is 1. The average Bonchev–Trinajstić information content (AvgIpc) is 3.17. The number of rotatable bonds is 6. The smallest absolute Gasteiger partial charge is 0.191 e. The fourth-order valence-electron chi connectivity index (χ4n) is 3.11. The van der Waals surface area contributed by atoms with E-state index < -0.39 is 0 Å². The molecule has 148 valence electrons. The molecular weight excluding hydrogens is 453 g/mol. The van der Waals surface area contributed by atoms with Crippen molar-refractivity contribution >= 4 is 46.7 Å². The molecule has 1 aromatic heterocycles. The molecule has 0 saturated carbocycles. The van der Waals surface area contributed by atoms with E-state index in [4.69, 9.17) is 14.7 Å². The molecule has 0 radical (unpaired) electrons. The number of guanidine groups is 1. The molecule has 1 unspecified atom stereocenters. The molecule has 2 heterocycles. The Labute approximate surface area is 178 Å². The summed E-state index contributed by atoms with van der Waals surface area (Å²) in [6, 6.07) is 10.4. The minimum absolute atomic E-state index is 0. The molecular formula is C20H30IN5O. The topological polar surface area (TPSA) is 61.8 Å². The molecule has 7 heteroatoms. The van der Waals surface area contributed by atoms with Crippen molar-refractivity contribution in [2.45, 2.75) is 32.4 Å². The van der Waals surface area contributed by atoms with Gasteiger partial charge in [0.05, 0.1) is 18.2 Å². The average molecular weight is 483 g/mol. The highest BCUT2D eigenvalue weighted by molar-refractivity contribution is 14.0. The summed E-state index contributed by atoms with van der Waals surface area (Å²) in [6.07, 6.45) is 2.56. The summed E-state index contributed by atoms with van der Waals surface area (Å²) in [7, 11) is 4.02.